The first kappa shape index (κ1) is 13.0. The normalized spacial score (nSPS) is 44.3. The van der Waals surface area contributed by atoms with Gasteiger partial charge >= 0.3 is 0 Å². The Morgan fingerprint density at radius 2 is 1.50 bits per heavy atom. The Balaban J connectivity index is 1.69. The highest BCUT2D eigenvalue weighted by Gasteiger charge is 2.49. The number of nitrogens with one attached hydrogen (secondary N) is 1. The van der Waals surface area contributed by atoms with Gasteiger partial charge in [-0.05, 0) is 88.9 Å². The van der Waals surface area contributed by atoms with Crippen molar-refractivity contribution in [2.24, 2.45) is 29.6 Å². The third kappa shape index (κ3) is 2.24. The highest BCUT2D eigenvalue weighted by molar-refractivity contribution is 5.01. The minimum atomic E-state index is 0.314. The third-order valence-corrected chi connectivity index (χ3v) is 6.38. The van der Waals surface area contributed by atoms with Crippen LogP contribution < -0.4 is 5.32 Å². The molecule has 1 atom stereocenters. The summed E-state index contributed by atoms with van der Waals surface area (Å²) in [6, 6.07) is 0.718. The fourth-order valence-electron chi connectivity index (χ4n) is 5.60. The zero-order valence-corrected chi connectivity index (χ0v) is 12.7. The molecule has 0 radical (unpaired) electrons. The third-order valence-electron chi connectivity index (χ3n) is 6.38. The summed E-state index contributed by atoms with van der Waals surface area (Å²) in [4.78, 5) is 0. The SMILES string of the molecule is CCC(C)(C)NC(C)C1C2CC3CC(C2)CC1C3. The molecule has 104 valence electrons. The van der Waals surface area contributed by atoms with E-state index in [9.17, 15) is 0 Å². The summed E-state index contributed by atoms with van der Waals surface area (Å²) in [7, 11) is 0. The lowest BCUT2D eigenvalue weighted by atomic mass is 9.50. The molecule has 1 N–H and O–H groups in total. The summed E-state index contributed by atoms with van der Waals surface area (Å²) < 4.78 is 0. The molecule has 0 aromatic rings. The standard InChI is InChI=1S/C17H31N/c1-5-17(3,4)18-11(2)16-14-7-12-6-13(9-14)10-15(16)8-12/h11-16,18H,5-10H2,1-4H3. The molecule has 4 rings (SSSR count). The Labute approximate surface area is 113 Å². The molecule has 0 aromatic heterocycles. The number of hydrogen-bond acceptors (Lipinski definition) is 1. The van der Waals surface area contributed by atoms with Gasteiger partial charge in [-0.3, -0.25) is 0 Å². The minimum absolute atomic E-state index is 0.314. The molecule has 1 nitrogen and oxygen atoms in total. The molecule has 18 heavy (non-hydrogen) atoms. The maximum absolute atomic E-state index is 3.93. The van der Waals surface area contributed by atoms with Crippen LogP contribution in [-0.2, 0) is 0 Å². The second kappa shape index (κ2) is 4.51. The lowest BCUT2D eigenvalue weighted by molar-refractivity contribution is -0.0525. The lowest BCUT2D eigenvalue weighted by Crippen LogP contribution is -2.55. The van der Waals surface area contributed by atoms with Gasteiger partial charge < -0.3 is 5.32 Å². The Morgan fingerprint density at radius 1 is 1.00 bits per heavy atom. The second-order valence-corrected chi connectivity index (χ2v) is 8.18. The molecule has 4 bridgehead atoms. The van der Waals surface area contributed by atoms with Crippen molar-refractivity contribution in [1.29, 1.82) is 0 Å². The smallest absolute Gasteiger partial charge is 0.0125 e. The Kier molecular flexibility index (Phi) is 3.25. The summed E-state index contributed by atoms with van der Waals surface area (Å²) in [5.74, 6) is 5.29. The van der Waals surface area contributed by atoms with Crippen LogP contribution in [0.2, 0.25) is 0 Å². The van der Waals surface area contributed by atoms with E-state index >= 15 is 0 Å². The minimum Gasteiger partial charge on any atom is -0.309 e. The predicted molar refractivity (Wildman–Crippen MR) is 77.5 cm³/mol. The maximum atomic E-state index is 3.93. The van der Waals surface area contributed by atoms with E-state index in [1.165, 1.54) is 6.42 Å². The molecular weight excluding hydrogens is 218 g/mol. The average molecular weight is 249 g/mol. The van der Waals surface area contributed by atoms with Gasteiger partial charge in [0.25, 0.3) is 0 Å². The molecule has 1 unspecified atom stereocenters. The largest absolute Gasteiger partial charge is 0.309 e. The second-order valence-electron chi connectivity index (χ2n) is 8.18. The molecule has 4 fully saturated rings. The summed E-state index contributed by atoms with van der Waals surface area (Å²) >= 11 is 0. The van der Waals surface area contributed by atoms with Gasteiger partial charge in [-0.1, -0.05) is 6.92 Å². The Hall–Kier alpha value is -0.0400. The van der Waals surface area contributed by atoms with E-state index in [1.807, 2.05) is 0 Å². The Morgan fingerprint density at radius 3 is 1.94 bits per heavy atom. The summed E-state index contributed by atoms with van der Waals surface area (Å²) in [6.45, 7) is 9.49. The molecule has 0 spiro atoms. The van der Waals surface area contributed by atoms with Crippen molar-refractivity contribution in [3.63, 3.8) is 0 Å². The molecule has 0 aliphatic heterocycles. The topological polar surface area (TPSA) is 12.0 Å². The van der Waals surface area contributed by atoms with Crippen molar-refractivity contribution in [2.45, 2.75) is 77.8 Å². The van der Waals surface area contributed by atoms with Gasteiger partial charge in [0.1, 0.15) is 0 Å². The first-order chi connectivity index (χ1) is 8.48. The molecule has 0 amide bonds. The molecule has 4 saturated carbocycles. The fourth-order valence-corrected chi connectivity index (χ4v) is 5.60. The van der Waals surface area contributed by atoms with Crippen LogP contribution in [0.4, 0.5) is 0 Å². The quantitative estimate of drug-likeness (QED) is 0.786. The van der Waals surface area contributed by atoms with Gasteiger partial charge in [-0.25, -0.2) is 0 Å². The van der Waals surface area contributed by atoms with Gasteiger partial charge in [-0.15, -0.1) is 0 Å². The van der Waals surface area contributed by atoms with Crippen molar-refractivity contribution in [1.82, 2.24) is 5.32 Å². The number of hydrogen-bond donors (Lipinski definition) is 1. The fraction of sp³-hybridized carbons (Fsp3) is 1.00. The molecule has 0 aromatic carbocycles. The van der Waals surface area contributed by atoms with E-state index in [0.717, 1.165) is 35.6 Å². The monoisotopic (exact) mass is 249 g/mol. The van der Waals surface area contributed by atoms with Crippen molar-refractivity contribution in [2.75, 3.05) is 0 Å². The van der Waals surface area contributed by atoms with E-state index in [-0.39, 0.29) is 0 Å². The summed E-state index contributed by atoms with van der Waals surface area (Å²) in [5, 5.41) is 3.93. The van der Waals surface area contributed by atoms with Gasteiger partial charge in [0.15, 0.2) is 0 Å². The maximum Gasteiger partial charge on any atom is 0.0125 e. The van der Waals surface area contributed by atoms with E-state index in [2.05, 4.69) is 33.0 Å². The summed E-state index contributed by atoms with van der Waals surface area (Å²) in [5.41, 5.74) is 0.314. The van der Waals surface area contributed by atoms with Crippen LogP contribution in [0.25, 0.3) is 0 Å². The van der Waals surface area contributed by atoms with Crippen LogP contribution in [0.1, 0.15) is 66.2 Å². The zero-order valence-electron chi connectivity index (χ0n) is 12.7. The number of rotatable bonds is 4. The van der Waals surface area contributed by atoms with Gasteiger partial charge in [0, 0.05) is 11.6 Å². The Bertz CT molecular complexity index is 279. The average Bonchev–Trinajstić information content (AvgIpc) is 2.26. The molecule has 0 saturated heterocycles. The van der Waals surface area contributed by atoms with E-state index in [0.29, 0.717) is 5.54 Å². The van der Waals surface area contributed by atoms with Crippen molar-refractivity contribution < 1.29 is 0 Å². The van der Waals surface area contributed by atoms with Crippen molar-refractivity contribution in [3.8, 4) is 0 Å². The lowest BCUT2D eigenvalue weighted by Gasteiger charge is -2.56. The van der Waals surface area contributed by atoms with Crippen molar-refractivity contribution >= 4 is 0 Å². The first-order valence-electron chi connectivity index (χ1n) is 8.26. The van der Waals surface area contributed by atoms with Gasteiger partial charge in [-0.2, -0.15) is 0 Å². The predicted octanol–water partition coefficient (Wildman–Crippen LogP) is 4.23. The van der Waals surface area contributed by atoms with Crippen LogP contribution in [-0.4, -0.2) is 11.6 Å². The zero-order chi connectivity index (χ0) is 12.9. The van der Waals surface area contributed by atoms with E-state index in [1.54, 1.807) is 32.1 Å². The molecule has 1 heteroatoms. The van der Waals surface area contributed by atoms with E-state index in [4.69, 9.17) is 0 Å². The van der Waals surface area contributed by atoms with Gasteiger partial charge in [0.05, 0.1) is 0 Å². The van der Waals surface area contributed by atoms with Crippen LogP contribution in [0.15, 0.2) is 0 Å². The highest BCUT2D eigenvalue weighted by Crippen LogP contribution is 2.57. The van der Waals surface area contributed by atoms with Crippen LogP contribution in [0, 0.1) is 29.6 Å². The molecule has 4 aliphatic rings. The van der Waals surface area contributed by atoms with Crippen molar-refractivity contribution in [3.05, 3.63) is 0 Å². The molecule has 4 aliphatic carbocycles. The summed E-state index contributed by atoms with van der Waals surface area (Å²) in [6.07, 6.45) is 9.01. The van der Waals surface area contributed by atoms with Crippen LogP contribution >= 0.6 is 0 Å². The first-order valence-corrected chi connectivity index (χ1v) is 8.26. The van der Waals surface area contributed by atoms with Crippen LogP contribution in [0.5, 0.6) is 0 Å². The van der Waals surface area contributed by atoms with E-state index < -0.39 is 0 Å². The molecular formula is C17H31N. The van der Waals surface area contributed by atoms with Crippen LogP contribution in [0.3, 0.4) is 0 Å². The van der Waals surface area contributed by atoms with Gasteiger partial charge in [0.2, 0.25) is 0 Å². The highest BCUT2D eigenvalue weighted by atomic mass is 15.0. The molecule has 0 heterocycles.